The van der Waals surface area contributed by atoms with Gasteiger partial charge in [0.25, 0.3) is 0 Å². The van der Waals surface area contributed by atoms with Gasteiger partial charge in [-0.1, -0.05) is 55.0 Å². The molecule has 0 spiro atoms. The highest BCUT2D eigenvalue weighted by molar-refractivity contribution is 5.69. The molecule has 1 aromatic carbocycles. The molecule has 1 aliphatic rings. The van der Waals surface area contributed by atoms with Gasteiger partial charge in [-0.25, -0.2) is 9.78 Å². The molecule has 1 fully saturated rings. The number of hydrogen-bond donors (Lipinski definition) is 0. The summed E-state index contributed by atoms with van der Waals surface area (Å²) in [7, 11) is 1.39. The number of allylic oxidation sites excluding steroid dienone is 3. The lowest BCUT2D eigenvalue weighted by Gasteiger charge is -2.40. The van der Waals surface area contributed by atoms with E-state index in [0.717, 1.165) is 18.4 Å². The number of ether oxygens (including phenoxy) is 1. The van der Waals surface area contributed by atoms with E-state index in [-0.39, 0.29) is 24.4 Å². The number of carbonyl (C=O) groups excluding carboxylic acids is 1. The molecule has 0 amide bonds. The second-order valence-corrected chi connectivity index (χ2v) is 7.38. The second kappa shape index (κ2) is 9.15. The summed E-state index contributed by atoms with van der Waals surface area (Å²) in [5.74, 6) is -0.0780. The van der Waals surface area contributed by atoms with Gasteiger partial charge in [-0.05, 0) is 50.7 Å². The summed E-state index contributed by atoms with van der Waals surface area (Å²) in [6.07, 6.45) is 6.02. The first-order chi connectivity index (χ1) is 12.3. The Morgan fingerprint density at radius 3 is 2.62 bits per heavy atom. The van der Waals surface area contributed by atoms with Crippen LogP contribution >= 0.6 is 0 Å². The van der Waals surface area contributed by atoms with Crippen molar-refractivity contribution < 1.29 is 19.3 Å². The predicted octanol–water partition coefficient (Wildman–Crippen LogP) is 4.80. The zero-order chi connectivity index (χ0) is 19.2. The SMILES string of the molecule is COC(=O)C[C@@H]1OO[C@@](C)(/C(C)=C/C(C)=C/Cc2ccccc2)C[C@H]1C. The van der Waals surface area contributed by atoms with Crippen LogP contribution in [0.1, 0.15) is 46.1 Å². The lowest BCUT2D eigenvalue weighted by molar-refractivity contribution is -0.406. The Balaban J connectivity index is 2.00. The Bertz CT molecular complexity index is 662. The van der Waals surface area contributed by atoms with Crippen molar-refractivity contribution in [1.29, 1.82) is 0 Å². The van der Waals surface area contributed by atoms with Crippen LogP contribution in [0.2, 0.25) is 0 Å². The van der Waals surface area contributed by atoms with E-state index in [2.05, 4.69) is 57.2 Å². The van der Waals surface area contributed by atoms with Crippen LogP contribution in [-0.2, 0) is 25.7 Å². The summed E-state index contributed by atoms with van der Waals surface area (Å²) < 4.78 is 4.72. The Kier molecular flexibility index (Phi) is 7.18. The van der Waals surface area contributed by atoms with Crippen LogP contribution in [0.5, 0.6) is 0 Å². The van der Waals surface area contributed by atoms with Crippen LogP contribution in [0.15, 0.2) is 53.6 Å². The fourth-order valence-electron chi connectivity index (χ4n) is 3.20. The lowest BCUT2D eigenvalue weighted by Crippen LogP contribution is -2.44. The van der Waals surface area contributed by atoms with E-state index in [9.17, 15) is 4.79 Å². The van der Waals surface area contributed by atoms with Gasteiger partial charge in [0.05, 0.1) is 13.5 Å². The van der Waals surface area contributed by atoms with E-state index in [1.54, 1.807) is 0 Å². The van der Waals surface area contributed by atoms with Gasteiger partial charge in [0.2, 0.25) is 0 Å². The van der Waals surface area contributed by atoms with E-state index in [4.69, 9.17) is 14.5 Å². The lowest BCUT2D eigenvalue weighted by atomic mass is 9.82. The zero-order valence-corrected chi connectivity index (χ0v) is 16.5. The summed E-state index contributed by atoms with van der Waals surface area (Å²) in [5, 5.41) is 0. The molecule has 4 heteroatoms. The highest BCUT2D eigenvalue weighted by atomic mass is 17.2. The summed E-state index contributed by atoms with van der Waals surface area (Å²) in [6, 6.07) is 10.4. The molecule has 0 unspecified atom stereocenters. The molecule has 3 atom stereocenters. The number of rotatable bonds is 6. The predicted molar refractivity (Wildman–Crippen MR) is 102 cm³/mol. The van der Waals surface area contributed by atoms with Crippen LogP contribution < -0.4 is 0 Å². The number of methoxy groups -OCH3 is 1. The van der Waals surface area contributed by atoms with Crippen molar-refractivity contribution in [3.63, 3.8) is 0 Å². The van der Waals surface area contributed by atoms with E-state index >= 15 is 0 Å². The van der Waals surface area contributed by atoms with Gasteiger partial charge >= 0.3 is 5.97 Å². The fourth-order valence-corrected chi connectivity index (χ4v) is 3.20. The van der Waals surface area contributed by atoms with Crippen molar-refractivity contribution in [3.8, 4) is 0 Å². The van der Waals surface area contributed by atoms with Gasteiger partial charge < -0.3 is 4.74 Å². The van der Waals surface area contributed by atoms with Crippen molar-refractivity contribution in [3.05, 3.63) is 59.2 Å². The molecule has 142 valence electrons. The maximum absolute atomic E-state index is 11.5. The minimum absolute atomic E-state index is 0.199. The molecule has 2 rings (SSSR count). The molecular weight excluding hydrogens is 328 g/mol. The molecule has 1 aliphatic heterocycles. The normalized spacial score (nSPS) is 27.3. The van der Waals surface area contributed by atoms with Crippen molar-refractivity contribution in [2.45, 2.75) is 58.7 Å². The van der Waals surface area contributed by atoms with Crippen LogP contribution in [0, 0.1) is 5.92 Å². The Morgan fingerprint density at radius 1 is 1.31 bits per heavy atom. The molecule has 0 aliphatic carbocycles. The first kappa shape index (κ1) is 20.4. The van der Waals surface area contributed by atoms with Gasteiger partial charge in [0, 0.05) is 0 Å². The van der Waals surface area contributed by atoms with Gasteiger partial charge in [-0.2, -0.15) is 0 Å². The van der Waals surface area contributed by atoms with Gasteiger partial charge in [-0.3, -0.25) is 4.79 Å². The number of esters is 1. The molecular formula is C22H30O4. The van der Waals surface area contributed by atoms with Crippen molar-refractivity contribution in [2.75, 3.05) is 7.11 Å². The zero-order valence-electron chi connectivity index (χ0n) is 16.5. The first-order valence-electron chi connectivity index (χ1n) is 9.15. The smallest absolute Gasteiger partial charge is 0.308 e. The third kappa shape index (κ3) is 5.55. The van der Waals surface area contributed by atoms with Crippen molar-refractivity contribution >= 4 is 5.97 Å². The summed E-state index contributed by atoms with van der Waals surface area (Å²) in [5.41, 5.74) is 3.11. The molecule has 0 bridgehead atoms. The van der Waals surface area contributed by atoms with E-state index < -0.39 is 5.60 Å². The third-order valence-electron chi connectivity index (χ3n) is 5.08. The van der Waals surface area contributed by atoms with Crippen molar-refractivity contribution in [2.24, 2.45) is 5.92 Å². The molecule has 0 saturated carbocycles. The largest absolute Gasteiger partial charge is 0.469 e. The molecule has 0 N–H and O–H groups in total. The molecule has 0 aromatic heterocycles. The maximum Gasteiger partial charge on any atom is 0.308 e. The summed E-state index contributed by atoms with van der Waals surface area (Å²) in [6.45, 7) is 8.29. The minimum Gasteiger partial charge on any atom is -0.469 e. The first-order valence-corrected chi connectivity index (χ1v) is 9.15. The molecule has 1 aromatic rings. The molecule has 1 saturated heterocycles. The van der Waals surface area contributed by atoms with Crippen LogP contribution in [0.4, 0.5) is 0 Å². The van der Waals surface area contributed by atoms with Crippen LogP contribution in [0.3, 0.4) is 0 Å². The van der Waals surface area contributed by atoms with E-state index in [0.29, 0.717) is 0 Å². The Labute approximate surface area is 156 Å². The van der Waals surface area contributed by atoms with Gasteiger partial charge in [0.1, 0.15) is 11.7 Å². The second-order valence-electron chi connectivity index (χ2n) is 7.38. The average molecular weight is 358 g/mol. The van der Waals surface area contributed by atoms with E-state index in [1.165, 1.54) is 18.2 Å². The monoisotopic (exact) mass is 358 g/mol. The molecule has 26 heavy (non-hydrogen) atoms. The number of hydrogen-bond acceptors (Lipinski definition) is 4. The fraction of sp³-hybridized carbons (Fsp3) is 0.500. The quantitative estimate of drug-likeness (QED) is 0.416. The average Bonchev–Trinajstić information content (AvgIpc) is 2.63. The van der Waals surface area contributed by atoms with Crippen LogP contribution in [0.25, 0.3) is 0 Å². The standard InChI is InChI=1S/C22H30O4/c1-16(11-12-19-9-7-6-8-10-19)13-18(3)22(4)15-17(2)20(25-26-22)14-21(23)24-5/h6-11,13,17,20H,12,14-15H2,1-5H3/b16-11+,18-13+/t17-,20+,22-/m1/s1. The summed E-state index contributed by atoms with van der Waals surface area (Å²) in [4.78, 5) is 22.7. The number of benzene rings is 1. The van der Waals surface area contributed by atoms with E-state index in [1.807, 2.05) is 13.0 Å². The van der Waals surface area contributed by atoms with Crippen LogP contribution in [-0.4, -0.2) is 24.8 Å². The summed E-state index contributed by atoms with van der Waals surface area (Å²) >= 11 is 0. The third-order valence-corrected chi connectivity index (χ3v) is 5.08. The number of carbonyl (C=O) groups is 1. The van der Waals surface area contributed by atoms with Gasteiger partial charge in [0.15, 0.2) is 0 Å². The molecule has 4 nitrogen and oxygen atoms in total. The Morgan fingerprint density at radius 2 is 2.00 bits per heavy atom. The minimum atomic E-state index is -0.492. The maximum atomic E-state index is 11.5. The highest BCUT2D eigenvalue weighted by Gasteiger charge is 2.40. The Hall–Kier alpha value is -1.91. The highest BCUT2D eigenvalue weighted by Crippen LogP contribution is 2.37. The molecule has 1 heterocycles. The topological polar surface area (TPSA) is 44.8 Å². The van der Waals surface area contributed by atoms with Gasteiger partial charge in [-0.15, -0.1) is 0 Å². The molecule has 0 radical (unpaired) electrons. The van der Waals surface area contributed by atoms with Crippen molar-refractivity contribution in [1.82, 2.24) is 0 Å².